The van der Waals surface area contributed by atoms with Gasteiger partial charge in [0.15, 0.2) is 0 Å². The molecule has 0 fully saturated rings. The number of hydrogen-bond acceptors (Lipinski definition) is 5. The van der Waals surface area contributed by atoms with Crippen LogP contribution in [0.25, 0.3) is 0 Å². The summed E-state index contributed by atoms with van der Waals surface area (Å²) in [5, 5.41) is 13.9. The van der Waals surface area contributed by atoms with Gasteiger partial charge >= 0.3 is 7.82 Å². The lowest BCUT2D eigenvalue weighted by Gasteiger charge is -2.25. The van der Waals surface area contributed by atoms with E-state index in [1.807, 2.05) is 27.2 Å². The summed E-state index contributed by atoms with van der Waals surface area (Å²) < 4.78 is 23.7. The number of carbonyl (C=O) groups is 1. The van der Waals surface area contributed by atoms with Gasteiger partial charge in [-0.15, -0.1) is 0 Å². The number of allylic oxidation sites excluding steroid dienone is 3. The standard InChI is InChI=1S/C58H115N2O6P/c1-6-8-10-12-14-16-18-20-22-23-24-25-26-27-28-29-30-31-32-33-34-35-36-38-40-42-44-46-48-50-52-58(62)59-56(55-66-67(63,64)65-54-53-60(3,4)5)57(61)51-49-47-45-43-41-39-37-21-19-17-15-13-11-9-7-2/h41,43,49,51,56-57,61H,6-40,42,44-48,50,52-55H2,1-5H3,(H-,59,62,63,64)/p+1/b43-41+,51-49+. The van der Waals surface area contributed by atoms with Crippen LogP contribution in [0.15, 0.2) is 24.3 Å². The molecule has 3 unspecified atom stereocenters. The van der Waals surface area contributed by atoms with Crippen molar-refractivity contribution in [2.45, 2.75) is 302 Å². The minimum Gasteiger partial charge on any atom is -0.387 e. The highest BCUT2D eigenvalue weighted by Crippen LogP contribution is 2.43. The van der Waals surface area contributed by atoms with Gasteiger partial charge in [-0.05, 0) is 32.1 Å². The molecule has 0 radical (unpaired) electrons. The van der Waals surface area contributed by atoms with Gasteiger partial charge in [0.25, 0.3) is 0 Å². The van der Waals surface area contributed by atoms with Crippen molar-refractivity contribution in [3.63, 3.8) is 0 Å². The van der Waals surface area contributed by atoms with Gasteiger partial charge in [-0.25, -0.2) is 4.57 Å². The minimum absolute atomic E-state index is 0.0586. The summed E-state index contributed by atoms with van der Waals surface area (Å²) in [5.41, 5.74) is 0. The summed E-state index contributed by atoms with van der Waals surface area (Å²) in [7, 11) is 1.57. The fourth-order valence-corrected chi connectivity index (χ4v) is 9.56. The van der Waals surface area contributed by atoms with E-state index in [4.69, 9.17) is 9.05 Å². The van der Waals surface area contributed by atoms with Gasteiger partial charge in [0.05, 0.1) is 39.9 Å². The van der Waals surface area contributed by atoms with Crippen LogP contribution in [-0.4, -0.2) is 73.4 Å². The van der Waals surface area contributed by atoms with Gasteiger partial charge in [0, 0.05) is 6.42 Å². The molecule has 9 heteroatoms. The van der Waals surface area contributed by atoms with Gasteiger partial charge in [-0.3, -0.25) is 13.8 Å². The highest BCUT2D eigenvalue weighted by atomic mass is 31.2. The molecule has 0 aliphatic carbocycles. The summed E-state index contributed by atoms with van der Waals surface area (Å²) in [6, 6.07) is -0.859. The Morgan fingerprint density at radius 3 is 1.19 bits per heavy atom. The Morgan fingerprint density at radius 2 is 0.821 bits per heavy atom. The third kappa shape index (κ3) is 52.6. The third-order valence-electron chi connectivity index (χ3n) is 13.4. The number of aliphatic hydroxyl groups is 1. The third-order valence-corrected chi connectivity index (χ3v) is 14.4. The molecule has 67 heavy (non-hydrogen) atoms. The fraction of sp³-hybridized carbons (Fsp3) is 0.914. The number of carbonyl (C=O) groups excluding carboxylic acids is 1. The van der Waals surface area contributed by atoms with Crippen LogP contribution in [0.1, 0.15) is 290 Å². The molecule has 0 saturated carbocycles. The summed E-state index contributed by atoms with van der Waals surface area (Å²) in [6.45, 7) is 4.83. The molecule has 0 bridgehead atoms. The van der Waals surface area contributed by atoms with Crippen LogP contribution in [0.4, 0.5) is 0 Å². The van der Waals surface area contributed by atoms with Crippen molar-refractivity contribution in [3.8, 4) is 0 Å². The summed E-state index contributed by atoms with van der Waals surface area (Å²) >= 11 is 0. The smallest absolute Gasteiger partial charge is 0.387 e. The minimum atomic E-state index is -4.35. The number of aliphatic hydroxyl groups excluding tert-OH is 1. The maximum absolute atomic E-state index is 13.0. The number of nitrogens with zero attached hydrogens (tertiary/aromatic N) is 1. The van der Waals surface area contributed by atoms with E-state index in [0.29, 0.717) is 17.4 Å². The van der Waals surface area contributed by atoms with E-state index in [9.17, 15) is 19.4 Å². The van der Waals surface area contributed by atoms with Crippen LogP contribution in [0.5, 0.6) is 0 Å². The molecule has 8 nitrogen and oxygen atoms in total. The van der Waals surface area contributed by atoms with Gasteiger partial charge in [0.1, 0.15) is 13.2 Å². The van der Waals surface area contributed by atoms with Crippen molar-refractivity contribution >= 4 is 13.7 Å². The molecule has 3 N–H and O–H groups in total. The first-order chi connectivity index (χ1) is 32.5. The monoisotopic (exact) mass is 968 g/mol. The molecule has 0 aliphatic heterocycles. The first-order valence-electron chi connectivity index (χ1n) is 29.2. The fourth-order valence-electron chi connectivity index (χ4n) is 8.83. The molecule has 0 spiro atoms. The number of phosphoric acid groups is 1. The van der Waals surface area contributed by atoms with Crippen molar-refractivity contribution in [3.05, 3.63) is 24.3 Å². The zero-order chi connectivity index (χ0) is 49.2. The predicted molar refractivity (Wildman–Crippen MR) is 291 cm³/mol. The number of phosphoric ester groups is 1. The van der Waals surface area contributed by atoms with Crippen LogP contribution in [0, 0.1) is 0 Å². The van der Waals surface area contributed by atoms with Crippen molar-refractivity contribution < 1.29 is 32.9 Å². The molecule has 0 saturated heterocycles. The second-order valence-corrected chi connectivity index (χ2v) is 22.8. The molecule has 0 aromatic rings. The second-order valence-electron chi connectivity index (χ2n) is 21.4. The predicted octanol–water partition coefficient (Wildman–Crippen LogP) is 17.6. The molecule has 0 heterocycles. The average Bonchev–Trinajstić information content (AvgIpc) is 3.29. The van der Waals surface area contributed by atoms with Crippen molar-refractivity contribution in [1.82, 2.24) is 5.32 Å². The zero-order valence-electron chi connectivity index (χ0n) is 45.4. The Balaban J connectivity index is 4.06. The number of unbranched alkanes of at least 4 members (excludes halogenated alkanes) is 39. The topological polar surface area (TPSA) is 105 Å². The molecule has 0 rings (SSSR count). The summed E-state index contributed by atoms with van der Waals surface area (Å²) in [6.07, 6.45) is 63.0. The van der Waals surface area contributed by atoms with E-state index in [1.165, 1.54) is 231 Å². The van der Waals surface area contributed by atoms with E-state index in [2.05, 4.69) is 31.3 Å². The lowest BCUT2D eigenvalue weighted by molar-refractivity contribution is -0.870. The Hall–Kier alpha value is -1.02. The molecular weight excluding hydrogens is 852 g/mol. The van der Waals surface area contributed by atoms with Gasteiger partial charge in [0.2, 0.25) is 5.91 Å². The highest BCUT2D eigenvalue weighted by Gasteiger charge is 2.27. The van der Waals surface area contributed by atoms with Crippen LogP contribution >= 0.6 is 7.82 Å². The quantitative estimate of drug-likeness (QED) is 0.0243. The maximum atomic E-state index is 13.0. The Bertz CT molecular complexity index is 1140. The summed E-state index contributed by atoms with van der Waals surface area (Å²) in [4.78, 5) is 23.3. The molecular formula is C58H116N2O6P+. The van der Waals surface area contributed by atoms with E-state index < -0.39 is 20.0 Å². The molecule has 1 amide bonds. The van der Waals surface area contributed by atoms with Crippen LogP contribution in [0.2, 0.25) is 0 Å². The largest absolute Gasteiger partial charge is 0.472 e. The molecule has 0 aromatic heterocycles. The van der Waals surface area contributed by atoms with Crippen molar-refractivity contribution in [1.29, 1.82) is 0 Å². The van der Waals surface area contributed by atoms with Crippen LogP contribution in [-0.2, 0) is 18.4 Å². The number of hydrogen-bond donors (Lipinski definition) is 3. The SMILES string of the molecule is CCCCCCCCCCC/C=C/CC/C=C/C(O)C(COP(=O)(O)OCC[N+](C)(C)C)NC(=O)CCCCCCCCCCCCCCCCCCCCCCCCCCCCCCCC. The zero-order valence-corrected chi connectivity index (χ0v) is 46.3. The van der Waals surface area contributed by atoms with Crippen molar-refractivity contribution in [2.75, 3.05) is 40.9 Å². The Labute approximate surface area is 417 Å². The van der Waals surface area contributed by atoms with Gasteiger partial charge in [-0.2, -0.15) is 0 Å². The Kier molecular flexibility index (Phi) is 49.2. The lowest BCUT2D eigenvalue weighted by atomic mass is 10.0. The second kappa shape index (κ2) is 49.9. The van der Waals surface area contributed by atoms with Crippen LogP contribution in [0.3, 0.4) is 0 Å². The molecule has 398 valence electrons. The van der Waals surface area contributed by atoms with E-state index in [-0.39, 0.29) is 19.1 Å². The first kappa shape index (κ1) is 66.0. The van der Waals surface area contributed by atoms with Gasteiger partial charge < -0.3 is 19.8 Å². The normalized spacial score (nSPS) is 14.1. The molecule has 0 aliphatic rings. The van der Waals surface area contributed by atoms with Gasteiger partial charge in [-0.1, -0.05) is 276 Å². The summed E-state index contributed by atoms with van der Waals surface area (Å²) in [5.74, 6) is -0.181. The van der Waals surface area contributed by atoms with Crippen molar-refractivity contribution in [2.24, 2.45) is 0 Å². The highest BCUT2D eigenvalue weighted by molar-refractivity contribution is 7.47. The number of amides is 1. The van der Waals surface area contributed by atoms with Crippen LogP contribution < -0.4 is 5.32 Å². The number of rotatable bonds is 54. The maximum Gasteiger partial charge on any atom is 0.472 e. The van der Waals surface area contributed by atoms with E-state index >= 15 is 0 Å². The number of nitrogens with one attached hydrogen (secondary N) is 1. The van der Waals surface area contributed by atoms with E-state index in [1.54, 1.807) is 6.08 Å². The lowest BCUT2D eigenvalue weighted by Crippen LogP contribution is -2.45. The number of quaternary nitrogens is 1. The first-order valence-corrected chi connectivity index (χ1v) is 30.7. The molecule has 0 aromatic carbocycles. The van der Waals surface area contributed by atoms with E-state index in [0.717, 1.165) is 38.5 Å². The average molecular weight is 969 g/mol. The molecule has 3 atom stereocenters. The Morgan fingerprint density at radius 1 is 0.493 bits per heavy atom. The number of likely N-dealkylation sites (N-methyl/N-ethyl adjacent to an activating group) is 1.